The smallest absolute Gasteiger partial charge is 0.0601 e. The summed E-state index contributed by atoms with van der Waals surface area (Å²) < 4.78 is 6.06. The fourth-order valence-electron chi connectivity index (χ4n) is 3.37. The number of hydrogen-bond donors (Lipinski definition) is 0. The van der Waals surface area contributed by atoms with Crippen molar-refractivity contribution >= 4 is 11.6 Å². The van der Waals surface area contributed by atoms with Crippen molar-refractivity contribution in [2.24, 2.45) is 5.92 Å². The van der Waals surface area contributed by atoms with E-state index in [0.29, 0.717) is 17.4 Å². The van der Waals surface area contributed by atoms with Crippen LogP contribution in [0.25, 0.3) is 0 Å². The minimum atomic E-state index is 0.386. The molecule has 3 atom stereocenters. The topological polar surface area (TPSA) is 9.23 Å². The SMILES string of the molecule is CCCCCCCCCCCCOC1CCC(Cl)CC1C. The van der Waals surface area contributed by atoms with Gasteiger partial charge in [-0.1, -0.05) is 71.6 Å². The molecule has 1 nitrogen and oxygen atoms in total. The molecule has 0 amide bonds. The number of halogens is 1. The Balaban J connectivity index is 1.82. The first-order valence-electron chi connectivity index (χ1n) is 9.49. The van der Waals surface area contributed by atoms with E-state index < -0.39 is 0 Å². The van der Waals surface area contributed by atoms with E-state index in [0.717, 1.165) is 25.9 Å². The van der Waals surface area contributed by atoms with Gasteiger partial charge >= 0.3 is 0 Å². The zero-order valence-electron chi connectivity index (χ0n) is 14.4. The zero-order chi connectivity index (χ0) is 15.3. The molecule has 0 aromatic heterocycles. The molecular formula is C19H37ClO. The second-order valence-corrected chi connectivity index (χ2v) is 7.60. The molecule has 0 spiro atoms. The van der Waals surface area contributed by atoms with Gasteiger partial charge in [-0.2, -0.15) is 0 Å². The van der Waals surface area contributed by atoms with Crippen molar-refractivity contribution in [3.8, 4) is 0 Å². The van der Waals surface area contributed by atoms with Crippen LogP contribution in [0, 0.1) is 5.92 Å². The van der Waals surface area contributed by atoms with E-state index in [1.54, 1.807) is 0 Å². The summed E-state index contributed by atoms with van der Waals surface area (Å²) in [5.74, 6) is 0.643. The van der Waals surface area contributed by atoms with Gasteiger partial charge in [0.15, 0.2) is 0 Å². The van der Waals surface area contributed by atoms with Gasteiger partial charge in [0.25, 0.3) is 0 Å². The summed E-state index contributed by atoms with van der Waals surface area (Å²) in [6.45, 7) is 5.53. The molecule has 21 heavy (non-hydrogen) atoms. The van der Waals surface area contributed by atoms with Crippen LogP contribution < -0.4 is 0 Å². The molecule has 1 fully saturated rings. The molecule has 1 saturated carbocycles. The van der Waals surface area contributed by atoms with E-state index in [2.05, 4.69) is 13.8 Å². The average molecular weight is 317 g/mol. The maximum Gasteiger partial charge on any atom is 0.0601 e. The summed E-state index contributed by atoms with van der Waals surface area (Å²) in [7, 11) is 0. The Morgan fingerprint density at radius 3 is 2.00 bits per heavy atom. The first-order valence-corrected chi connectivity index (χ1v) is 9.93. The molecule has 0 radical (unpaired) electrons. The van der Waals surface area contributed by atoms with Crippen molar-refractivity contribution in [3.63, 3.8) is 0 Å². The Hall–Kier alpha value is 0.250. The fourth-order valence-corrected chi connectivity index (χ4v) is 3.78. The first kappa shape index (κ1) is 19.3. The molecule has 0 aromatic carbocycles. The lowest BCUT2D eigenvalue weighted by molar-refractivity contribution is -0.00573. The van der Waals surface area contributed by atoms with Crippen LogP contribution in [0.2, 0.25) is 0 Å². The second kappa shape index (κ2) is 12.8. The van der Waals surface area contributed by atoms with E-state index in [1.165, 1.54) is 64.2 Å². The van der Waals surface area contributed by atoms with Gasteiger partial charge in [0, 0.05) is 12.0 Å². The fraction of sp³-hybridized carbons (Fsp3) is 1.00. The molecule has 0 N–H and O–H groups in total. The predicted octanol–water partition coefficient (Wildman–Crippen LogP) is 6.72. The highest BCUT2D eigenvalue weighted by molar-refractivity contribution is 6.20. The molecule has 2 heteroatoms. The molecule has 0 saturated heterocycles. The molecular weight excluding hydrogens is 280 g/mol. The van der Waals surface area contributed by atoms with Gasteiger partial charge < -0.3 is 4.74 Å². The number of alkyl halides is 1. The number of unbranched alkanes of at least 4 members (excludes halogenated alkanes) is 9. The summed E-state index contributed by atoms with van der Waals surface area (Å²) >= 11 is 6.19. The third-order valence-corrected chi connectivity index (χ3v) is 5.25. The normalized spacial score (nSPS) is 26.1. The van der Waals surface area contributed by atoms with Crippen LogP contribution in [0.5, 0.6) is 0 Å². The molecule has 0 aromatic rings. The highest BCUT2D eigenvalue weighted by Crippen LogP contribution is 2.30. The van der Waals surface area contributed by atoms with Gasteiger partial charge in [-0.05, 0) is 31.6 Å². The van der Waals surface area contributed by atoms with Gasteiger partial charge in [0.1, 0.15) is 0 Å². The Labute approximate surface area is 138 Å². The summed E-state index contributed by atoms with van der Waals surface area (Å²) in [6.07, 6.45) is 17.8. The van der Waals surface area contributed by atoms with Crippen molar-refractivity contribution < 1.29 is 4.74 Å². The lowest BCUT2D eigenvalue weighted by atomic mass is 9.87. The Kier molecular flexibility index (Phi) is 11.7. The largest absolute Gasteiger partial charge is 0.378 e. The molecule has 3 unspecified atom stereocenters. The maximum absolute atomic E-state index is 6.19. The van der Waals surface area contributed by atoms with Crippen molar-refractivity contribution in [2.45, 2.75) is 109 Å². The quantitative estimate of drug-likeness (QED) is 0.287. The lowest BCUT2D eigenvalue weighted by Gasteiger charge is -2.31. The third-order valence-electron chi connectivity index (χ3n) is 4.86. The molecule has 1 aliphatic carbocycles. The number of rotatable bonds is 12. The molecule has 1 aliphatic rings. The van der Waals surface area contributed by atoms with Crippen LogP contribution in [0.15, 0.2) is 0 Å². The van der Waals surface area contributed by atoms with Crippen LogP contribution >= 0.6 is 11.6 Å². The predicted molar refractivity (Wildman–Crippen MR) is 94.2 cm³/mol. The van der Waals surface area contributed by atoms with E-state index >= 15 is 0 Å². The van der Waals surface area contributed by atoms with E-state index in [-0.39, 0.29) is 0 Å². The first-order chi connectivity index (χ1) is 10.2. The monoisotopic (exact) mass is 316 g/mol. The summed E-state index contributed by atoms with van der Waals surface area (Å²) in [6, 6.07) is 0. The minimum absolute atomic E-state index is 0.386. The standard InChI is InChI=1S/C19H37ClO/c1-3-4-5-6-7-8-9-10-11-12-15-21-19-14-13-18(20)16-17(19)2/h17-19H,3-16H2,1-2H3. The average Bonchev–Trinajstić information content (AvgIpc) is 2.46. The van der Waals surface area contributed by atoms with Gasteiger partial charge in [-0.25, -0.2) is 0 Å². The van der Waals surface area contributed by atoms with Crippen molar-refractivity contribution in [1.82, 2.24) is 0 Å². The van der Waals surface area contributed by atoms with Crippen LogP contribution in [0.3, 0.4) is 0 Å². The van der Waals surface area contributed by atoms with Gasteiger partial charge in [-0.3, -0.25) is 0 Å². The van der Waals surface area contributed by atoms with Crippen LogP contribution in [0.4, 0.5) is 0 Å². The van der Waals surface area contributed by atoms with E-state index in [9.17, 15) is 0 Å². The van der Waals surface area contributed by atoms with Crippen molar-refractivity contribution in [3.05, 3.63) is 0 Å². The summed E-state index contributed by atoms with van der Waals surface area (Å²) in [5, 5.41) is 0.386. The number of ether oxygens (including phenoxy) is 1. The van der Waals surface area contributed by atoms with Crippen molar-refractivity contribution in [1.29, 1.82) is 0 Å². The highest BCUT2D eigenvalue weighted by Gasteiger charge is 2.26. The summed E-state index contributed by atoms with van der Waals surface area (Å²) in [5.41, 5.74) is 0. The molecule has 0 bridgehead atoms. The van der Waals surface area contributed by atoms with Crippen LogP contribution in [-0.4, -0.2) is 18.1 Å². The highest BCUT2D eigenvalue weighted by atomic mass is 35.5. The molecule has 0 heterocycles. The van der Waals surface area contributed by atoms with Gasteiger partial charge in [-0.15, -0.1) is 11.6 Å². The van der Waals surface area contributed by atoms with Crippen LogP contribution in [0.1, 0.15) is 97.3 Å². The third kappa shape index (κ3) is 9.79. The van der Waals surface area contributed by atoms with Crippen LogP contribution in [-0.2, 0) is 4.74 Å². The molecule has 0 aliphatic heterocycles. The van der Waals surface area contributed by atoms with E-state index in [4.69, 9.17) is 16.3 Å². The summed E-state index contributed by atoms with van der Waals surface area (Å²) in [4.78, 5) is 0. The van der Waals surface area contributed by atoms with E-state index in [1.807, 2.05) is 0 Å². The Bertz CT molecular complexity index is 232. The minimum Gasteiger partial charge on any atom is -0.378 e. The van der Waals surface area contributed by atoms with Gasteiger partial charge in [0.05, 0.1) is 6.10 Å². The Morgan fingerprint density at radius 2 is 1.43 bits per heavy atom. The Morgan fingerprint density at radius 1 is 0.857 bits per heavy atom. The van der Waals surface area contributed by atoms with Gasteiger partial charge in [0.2, 0.25) is 0 Å². The lowest BCUT2D eigenvalue weighted by Crippen LogP contribution is -2.30. The number of hydrogen-bond acceptors (Lipinski definition) is 1. The zero-order valence-corrected chi connectivity index (χ0v) is 15.2. The molecule has 1 rings (SSSR count). The second-order valence-electron chi connectivity index (χ2n) is 6.98. The van der Waals surface area contributed by atoms with Crippen molar-refractivity contribution in [2.75, 3.05) is 6.61 Å². The maximum atomic E-state index is 6.19. The molecule has 126 valence electrons.